The Balaban J connectivity index is 1.79. The number of hydrogen-bond acceptors (Lipinski definition) is 7. The quantitative estimate of drug-likeness (QED) is 0.297. The first-order chi connectivity index (χ1) is 16.2. The predicted octanol–water partition coefficient (Wildman–Crippen LogP) is -0.403. The number of rotatable bonds is 8. The van der Waals surface area contributed by atoms with Gasteiger partial charge in [-0.1, -0.05) is 30.3 Å². The van der Waals surface area contributed by atoms with Crippen LogP contribution in [0.25, 0.3) is 0 Å². The van der Waals surface area contributed by atoms with Gasteiger partial charge in [0.15, 0.2) is 0 Å². The highest BCUT2D eigenvalue weighted by Gasteiger charge is 2.44. The maximum atomic E-state index is 13.3. The number of aldehydes is 1. The van der Waals surface area contributed by atoms with Gasteiger partial charge in [0.1, 0.15) is 18.1 Å². The number of fused-ring (bicyclic) bond motifs is 1. The Bertz CT molecular complexity index is 1010. The van der Waals surface area contributed by atoms with Crippen molar-refractivity contribution in [1.82, 2.24) is 25.8 Å². The van der Waals surface area contributed by atoms with E-state index < -0.39 is 41.6 Å². The van der Waals surface area contributed by atoms with E-state index in [4.69, 9.17) is 0 Å². The topological polar surface area (TPSA) is 153 Å². The largest absolute Gasteiger partial charge is 0.358 e. The van der Waals surface area contributed by atoms with Crippen LogP contribution in [0, 0.1) is 0 Å². The van der Waals surface area contributed by atoms with Crippen molar-refractivity contribution >= 4 is 41.6 Å². The van der Waals surface area contributed by atoms with Crippen LogP contribution in [-0.4, -0.2) is 81.8 Å². The summed E-state index contributed by atoms with van der Waals surface area (Å²) >= 11 is 0. The number of urea groups is 1. The number of hydrazine groups is 2. The van der Waals surface area contributed by atoms with Crippen LogP contribution in [-0.2, 0) is 24.0 Å². The monoisotopic (exact) mass is 471 g/mol. The third-order valence-corrected chi connectivity index (χ3v) is 5.45. The SMILES string of the molecule is CC(=O)C[C@@H](C=O)NC(=O)[C@@H]1CCCN2C(=O)CCN(NC(=O)C(=O)c3ccccc3)C(=O)N12. The van der Waals surface area contributed by atoms with E-state index in [2.05, 4.69) is 10.7 Å². The summed E-state index contributed by atoms with van der Waals surface area (Å²) in [7, 11) is 0. The van der Waals surface area contributed by atoms with Crippen molar-refractivity contribution in [3.63, 3.8) is 0 Å². The first-order valence-corrected chi connectivity index (χ1v) is 10.8. The Kier molecular flexibility index (Phi) is 7.71. The molecule has 0 saturated carbocycles. The van der Waals surface area contributed by atoms with Crippen LogP contribution >= 0.6 is 0 Å². The van der Waals surface area contributed by atoms with Crippen molar-refractivity contribution in [2.24, 2.45) is 0 Å². The van der Waals surface area contributed by atoms with E-state index >= 15 is 0 Å². The number of benzene rings is 1. The van der Waals surface area contributed by atoms with Gasteiger partial charge in [0.2, 0.25) is 11.8 Å². The fraction of sp³-hybridized carbons (Fsp3) is 0.409. The van der Waals surface area contributed by atoms with Crippen LogP contribution in [0.4, 0.5) is 4.79 Å². The molecule has 180 valence electrons. The summed E-state index contributed by atoms with van der Waals surface area (Å²) in [4.78, 5) is 86.4. The molecule has 1 aromatic carbocycles. The number of nitrogens with zero attached hydrogens (tertiary/aromatic N) is 3. The van der Waals surface area contributed by atoms with Gasteiger partial charge in [0.25, 0.3) is 5.78 Å². The maximum Gasteiger partial charge on any atom is 0.358 e. The molecule has 0 radical (unpaired) electrons. The molecule has 34 heavy (non-hydrogen) atoms. The lowest BCUT2D eigenvalue weighted by Crippen LogP contribution is -2.65. The molecule has 12 nitrogen and oxygen atoms in total. The van der Waals surface area contributed by atoms with E-state index in [-0.39, 0.29) is 43.7 Å². The molecule has 2 heterocycles. The van der Waals surface area contributed by atoms with Crippen molar-refractivity contribution in [2.75, 3.05) is 13.1 Å². The highest BCUT2D eigenvalue weighted by Crippen LogP contribution is 2.23. The average Bonchev–Trinajstić information content (AvgIpc) is 2.95. The highest BCUT2D eigenvalue weighted by atomic mass is 16.2. The molecule has 12 heteroatoms. The van der Waals surface area contributed by atoms with Gasteiger partial charge in [0.05, 0.1) is 12.6 Å². The average molecular weight is 471 g/mol. The van der Waals surface area contributed by atoms with Gasteiger partial charge in [-0.05, 0) is 19.8 Å². The predicted molar refractivity (Wildman–Crippen MR) is 116 cm³/mol. The number of nitrogens with one attached hydrogen (secondary N) is 2. The van der Waals surface area contributed by atoms with Gasteiger partial charge in [-0.2, -0.15) is 0 Å². The fourth-order valence-corrected chi connectivity index (χ4v) is 3.83. The molecule has 0 unspecified atom stereocenters. The smallest absolute Gasteiger partial charge is 0.344 e. The Hall–Kier alpha value is -4.09. The lowest BCUT2D eigenvalue weighted by atomic mass is 10.1. The Morgan fingerprint density at radius 1 is 1.12 bits per heavy atom. The van der Waals surface area contributed by atoms with Crippen LogP contribution < -0.4 is 10.7 Å². The van der Waals surface area contributed by atoms with Crippen molar-refractivity contribution in [1.29, 1.82) is 0 Å². The van der Waals surface area contributed by atoms with E-state index in [9.17, 15) is 33.6 Å². The Labute approximate surface area is 195 Å². The molecular weight excluding hydrogens is 446 g/mol. The Morgan fingerprint density at radius 2 is 1.82 bits per heavy atom. The molecule has 0 bridgehead atoms. The Morgan fingerprint density at radius 3 is 2.47 bits per heavy atom. The second-order valence-electron chi connectivity index (χ2n) is 8.00. The van der Waals surface area contributed by atoms with Crippen molar-refractivity contribution in [3.8, 4) is 0 Å². The minimum atomic E-state index is -1.15. The number of carbonyl (C=O) groups is 7. The molecule has 0 aromatic heterocycles. The fourth-order valence-electron chi connectivity index (χ4n) is 3.83. The highest BCUT2D eigenvalue weighted by molar-refractivity contribution is 6.42. The van der Waals surface area contributed by atoms with Crippen molar-refractivity contribution in [2.45, 2.75) is 44.7 Å². The number of Topliss-reactive ketones (excluding diaryl/α,β-unsaturated/α-hetero) is 2. The number of amides is 5. The maximum absolute atomic E-state index is 13.3. The molecule has 2 aliphatic rings. The van der Waals surface area contributed by atoms with Crippen LogP contribution in [0.2, 0.25) is 0 Å². The van der Waals surface area contributed by atoms with E-state index in [1.54, 1.807) is 18.2 Å². The third kappa shape index (κ3) is 5.45. The second-order valence-corrected chi connectivity index (χ2v) is 8.00. The van der Waals surface area contributed by atoms with Crippen LogP contribution in [0.5, 0.6) is 0 Å². The first kappa shape index (κ1) is 24.6. The van der Waals surface area contributed by atoms with E-state index in [1.807, 2.05) is 0 Å². The van der Waals surface area contributed by atoms with Crippen molar-refractivity contribution < 1.29 is 33.6 Å². The van der Waals surface area contributed by atoms with E-state index in [0.717, 1.165) is 15.0 Å². The van der Waals surface area contributed by atoms with Gasteiger partial charge in [-0.25, -0.2) is 19.8 Å². The molecule has 2 N–H and O–H groups in total. The van der Waals surface area contributed by atoms with Crippen LogP contribution in [0.15, 0.2) is 30.3 Å². The minimum absolute atomic E-state index is 0.126. The van der Waals surface area contributed by atoms with Crippen molar-refractivity contribution in [3.05, 3.63) is 35.9 Å². The number of carbonyl (C=O) groups excluding carboxylic acids is 7. The summed E-state index contributed by atoms with van der Waals surface area (Å²) in [6.45, 7) is 1.26. The molecule has 1 aromatic rings. The summed E-state index contributed by atoms with van der Waals surface area (Å²) in [6, 6.07) is 4.67. The van der Waals surface area contributed by atoms with Crippen LogP contribution in [0.1, 0.15) is 43.0 Å². The first-order valence-electron chi connectivity index (χ1n) is 10.8. The summed E-state index contributed by atoms with van der Waals surface area (Å²) in [6.07, 6.45) is 0.694. The normalized spacial score (nSPS) is 19.0. The zero-order valence-corrected chi connectivity index (χ0v) is 18.6. The molecule has 3 rings (SSSR count). The van der Waals surface area contributed by atoms with Gasteiger partial charge in [-0.3, -0.25) is 29.4 Å². The van der Waals surface area contributed by atoms with Gasteiger partial charge < -0.3 is 10.1 Å². The van der Waals surface area contributed by atoms with Gasteiger partial charge in [0, 0.05) is 24.9 Å². The molecular formula is C22H25N5O7. The molecule has 0 aliphatic carbocycles. The summed E-state index contributed by atoms with van der Waals surface area (Å²) < 4.78 is 0. The number of hydrogen-bond donors (Lipinski definition) is 2. The molecule has 2 fully saturated rings. The molecule has 2 saturated heterocycles. The van der Waals surface area contributed by atoms with E-state index in [1.165, 1.54) is 19.1 Å². The van der Waals surface area contributed by atoms with Gasteiger partial charge >= 0.3 is 11.9 Å². The second kappa shape index (κ2) is 10.7. The summed E-state index contributed by atoms with van der Waals surface area (Å²) in [5.41, 5.74) is 2.37. The molecule has 2 atom stereocenters. The lowest BCUT2D eigenvalue weighted by Gasteiger charge is -2.42. The zero-order chi connectivity index (χ0) is 24.8. The molecule has 2 aliphatic heterocycles. The minimum Gasteiger partial charge on any atom is -0.344 e. The van der Waals surface area contributed by atoms with Crippen LogP contribution in [0.3, 0.4) is 0 Å². The number of ketones is 2. The molecule has 5 amide bonds. The van der Waals surface area contributed by atoms with Gasteiger partial charge in [-0.15, -0.1) is 0 Å². The molecule has 0 spiro atoms. The third-order valence-electron chi connectivity index (χ3n) is 5.45. The summed E-state index contributed by atoms with van der Waals surface area (Å²) in [5, 5.41) is 5.35. The zero-order valence-electron chi connectivity index (χ0n) is 18.6. The summed E-state index contributed by atoms with van der Waals surface area (Å²) in [5.74, 6) is -3.39. The standard InChI is InChI=1S/C22H25N5O7/c1-14(29)12-16(13-28)23-20(32)17-8-5-10-26-18(30)9-11-25(22(34)27(17)26)24-21(33)19(31)15-6-3-2-4-7-15/h2-4,6-7,13,16-17H,5,8-12H2,1H3,(H,23,32)(H,24,33)/t16-,17-/m0/s1. The lowest BCUT2D eigenvalue weighted by molar-refractivity contribution is -0.155. The van der Waals surface area contributed by atoms with E-state index in [0.29, 0.717) is 12.7 Å².